The van der Waals surface area contributed by atoms with Gasteiger partial charge in [0.05, 0.1) is 17.6 Å². The Labute approximate surface area is 155 Å². The molecule has 2 aromatic carbocycles. The highest BCUT2D eigenvalue weighted by atomic mass is 16.2. The zero-order valence-corrected chi connectivity index (χ0v) is 14.8. The Morgan fingerprint density at radius 2 is 1.93 bits per heavy atom. The van der Waals surface area contributed by atoms with Gasteiger partial charge in [-0.25, -0.2) is 4.79 Å². The molecule has 4 aromatic rings. The Morgan fingerprint density at radius 3 is 2.81 bits per heavy atom. The molecule has 4 rings (SSSR count). The third kappa shape index (κ3) is 3.88. The van der Waals surface area contributed by atoms with E-state index in [1.165, 1.54) is 0 Å². The summed E-state index contributed by atoms with van der Waals surface area (Å²) in [4.78, 5) is 35.1. The topological polar surface area (TPSA) is 93.9 Å². The first kappa shape index (κ1) is 17.0. The third-order valence-electron chi connectivity index (χ3n) is 4.37. The Kier molecular flexibility index (Phi) is 4.43. The van der Waals surface area contributed by atoms with Crippen LogP contribution in [0.4, 0.5) is 5.69 Å². The summed E-state index contributed by atoms with van der Waals surface area (Å²) in [5.41, 5.74) is 2.89. The van der Waals surface area contributed by atoms with E-state index in [2.05, 4.69) is 32.4 Å². The molecule has 2 aromatic heterocycles. The fourth-order valence-electron chi connectivity index (χ4n) is 3.15. The number of imidazole rings is 1. The number of carbonyl (C=O) groups excluding carboxylic acids is 1. The van der Waals surface area contributed by atoms with Gasteiger partial charge in [0.25, 0.3) is 0 Å². The number of fused-ring (bicyclic) bond motifs is 2. The maximum Gasteiger partial charge on any atom is 0.323 e. The molecule has 27 heavy (non-hydrogen) atoms. The van der Waals surface area contributed by atoms with Gasteiger partial charge in [0.2, 0.25) is 5.91 Å². The van der Waals surface area contributed by atoms with Crippen LogP contribution in [0.3, 0.4) is 0 Å². The van der Waals surface area contributed by atoms with Crippen molar-refractivity contribution in [3.63, 3.8) is 0 Å². The van der Waals surface area contributed by atoms with Crippen molar-refractivity contribution in [2.45, 2.75) is 6.54 Å². The highest BCUT2D eigenvalue weighted by molar-refractivity contribution is 5.94. The number of carbonyl (C=O) groups is 1. The molecule has 0 aliphatic rings. The lowest BCUT2D eigenvalue weighted by molar-refractivity contribution is -0.117. The number of aromatic nitrogens is 3. The number of pyridine rings is 1. The first-order valence-corrected chi connectivity index (χ1v) is 8.60. The minimum Gasteiger partial charge on any atom is -0.325 e. The summed E-state index contributed by atoms with van der Waals surface area (Å²) in [6.07, 6.45) is 3.61. The van der Waals surface area contributed by atoms with Crippen molar-refractivity contribution in [3.8, 4) is 0 Å². The second-order valence-corrected chi connectivity index (χ2v) is 6.62. The van der Waals surface area contributed by atoms with E-state index >= 15 is 0 Å². The summed E-state index contributed by atoms with van der Waals surface area (Å²) in [5.74, 6) is -0.111. The Morgan fingerprint density at radius 1 is 1.07 bits per heavy atom. The molecule has 2 heterocycles. The van der Waals surface area contributed by atoms with Crippen molar-refractivity contribution < 1.29 is 4.79 Å². The number of aromatic amines is 2. The minimum atomic E-state index is -0.264. The number of benzene rings is 2. The molecule has 0 fully saturated rings. The number of nitrogens with zero attached hydrogens (tertiary/aromatic N) is 2. The standard InChI is InChI=1S/C20H19N5O2/c1-25(11-13-2-3-15-10-21-7-6-14(15)8-13)12-19(26)22-16-4-5-17-18(9-16)24-20(27)23-17/h2-10H,11-12H2,1H3,(H,22,26)(H2,23,24,27). The van der Waals surface area contributed by atoms with Crippen LogP contribution in [-0.4, -0.2) is 39.4 Å². The number of amides is 1. The molecule has 0 spiro atoms. The van der Waals surface area contributed by atoms with Crippen LogP contribution in [0.1, 0.15) is 5.56 Å². The molecule has 0 bridgehead atoms. The van der Waals surface area contributed by atoms with Gasteiger partial charge in [0.15, 0.2) is 0 Å². The lowest BCUT2D eigenvalue weighted by atomic mass is 10.1. The van der Waals surface area contributed by atoms with Gasteiger partial charge in [0, 0.05) is 30.0 Å². The SMILES string of the molecule is CN(CC(=O)Nc1ccc2[nH]c(=O)[nH]c2c1)Cc1ccc2cnccc2c1. The van der Waals surface area contributed by atoms with Crippen LogP contribution in [0, 0.1) is 0 Å². The van der Waals surface area contributed by atoms with E-state index in [0.29, 0.717) is 23.3 Å². The van der Waals surface area contributed by atoms with Crippen LogP contribution in [0.5, 0.6) is 0 Å². The Balaban J connectivity index is 1.39. The van der Waals surface area contributed by atoms with E-state index in [-0.39, 0.29) is 18.1 Å². The van der Waals surface area contributed by atoms with Crippen LogP contribution >= 0.6 is 0 Å². The molecule has 1 amide bonds. The molecule has 0 saturated heterocycles. The minimum absolute atomic E-state index is 0.111. The third-order valence-corrected chi connectivity index (χ3v) is 4.37. The Bertz CT molecular complexity index is 1180. The smallest absolute Gasteiger partial charge is 0.323 e. The average molecular weight is 361 g/mol. The van der Waals surface area contributed by atoms with Gasteiger partial charge in [0.1, 0.15) is 0 Å². The van der Waals surface area contributed by atoms with Gasteiger partial charge >= 0.3 is 5.69 Å². The molecule has 0 unspecified atom stereocenters. The summed E-state index contributed by atoms with van der Waals surface area (Å²) >= 11 is 0. The van der Waals surface area contributed by atoms with E-state index in [1.807, 2.05) is 30.3 Å². The number of H-pyrrole nitrogens is 2. The molecule has 136 valence electrons. The van der Waals surface area contributed by atoms with Crippen LogP contribution in [0.25, 0.3) is 21.8 Å². The number of rotatable bonds is 5. The monoisotopic (exact) mass is 361 g/mol. The molecule has 3 N–H and O–H groups in total. The molecule has 7 heteroatoms. The van der Waals surface area contributed by atoms with E-state index in [1.54, 1.807) is 24.4 Å². The van der Waals surface area contributed by atoms with Gasteiger partial charge in [-0.05, 0) is 48.3 Å². The van der Waals surface area contributed by atoms with Crippen LogP contribution in [0.15, 0.2) is 59.7 Å². The predicted molar refractivity (Wildman–Crippen MR) is 106 cm³/mol. The lowest BCUT2D eigenvalue weighted by Crippen LogP contribution is -2.29. The molecule has 7 nitrogen and oxygen atoms in total. The molecule has 0 saturated carbocycles. The second kappa shape index (κ2) is 7.05. The van der Waals surface area contributed by atoms with E-state index in [0.717, 1.165) is 16.3 Å². The fraction of sp³-hybridized carbons (Fsp3) is 0.150. The maximum atomic E-state index is 12.3. The maximum absolute atomic E-state index is 12.3. The van der Waals surface area contributed by atoms with Gasteiger partial charge < -0.3 is 15.3 Å². The molecule has 0 radical (unpaired) electrons. The lowest BCUT2D eigenvalue weighted by Gasteiger charge is -2.16. The molecule has 0 atom stereocenters. The summed E-state index contributed by atoms with van der Waals surface area (Å²) in [5, 5.41) is 5.10. The quantitative estimate of drug-likeness (QED) is 0.509. The largest absolute Gasteiger partial charge is 0.325 e. The molecule has 0 aliphatic carbocycles. The molecule has 0 aliphatic heterocycles. The van der Waals surface area contributed by atoms with Gasteiger partial charge in [-0.1, -0.05) is 12.1 Å². The van der Waals surface area contributed by atoms with E-state index < -0.39 is 0 Å². The summed E-state index contributed by atoms with van der Waals surface area (Å²) in [6, 6.07) is 13.4. The average Bonchev–Trinajstić information content (AvgIpc) is 3.00. The highest BCUT2D eigenvalue weighted by Gasteiger charge is 2.09. The summed E-state index contributed by atoms with van der Waals surface area (Å²) < 4.78 is 0. The van der Waals surface area contributed by atoms with Crippen LogP contribution in [-0.2, 0) is 11.3 Å². The van der Waals surface area contributed by atoms with Gasteiger partial charge in [-0.2, -0.15) is 0 Å². The van der Waals surface area contributed by atoms with Crippen LogP contribution in [0.2, 0.25) is 0 Å². The second-order valence-electron chi connectivity index (χ2n) is 6.62. The summed E-state index contributed by atoms with van der Waals surface area (Å²) in [6.45, 7) is 0.923. The molecular formula is C20H19N5O2. The van der Waals surface area contributed by atoms with Crippen molar-refractivity contribution in [2.24, 2.45) is 0 Å². The number of likely N-dealkylation sites (N-methyl/N-ethyl adjacent to an activating group) is 1. The van der Waals surface area contributed by atoms with Crippen LogP contribution < -0.4 is 11.0 Å². The Hall–Kier alpha value is -3.45. The normalized spacial score (nSPS) is 11.3. The van der Waals surface area contributed by atoms with E-state index in [9.17, 15) is 9.59 Å². The number of hydrogen-bond acceptors (Lipinski definition) is 4. The number of hydrogen-bond donors (Lipinski definition) is 3. The number of anilines is 1. The van der Waals surface area contributed by atoms with Crippen molar-refractivity contribution in [2.75, 3.05) is 18.9 Å². The summed E-state index contributed by atoms with van der Waals surface area (Å²) in [7, 11) is 1.91. The van der Waals surface area contributed by atoms with E-state index in [4.69, 9.17) is 0 Å². The van der Waals surface area contributed by atoms with Crippen molar-refractivity contribution >= 4 is 33.4 Å². The predicted octanol–water partition coefficient (Wildman–Crippen LogP) is 2.47. The van der Waals surface area contributed by atoms with Crippen molar-refractivity contribution in [3.05, 3.63) is 70.9 Å². The first-order chi connectivity index (χ1) is 13.1. The van der Waals surface area contributed by atoms with Crippen molar-refractivity contribution in [1.82, 2.24) is 19.9 Å². The fourth-order valence-corrected chi connectivity index (χ4v) is 3.15. The zero-order valence-electron chi connectivity index (χ0n) is 14.8. The van der Waals surface area contributed by atoms with Gasteiger partial charge in [-0.15, -0.1) is 0 Å². The molecular weight excluding hydrogens is 342 g/mol. The highest BCUT2D eigenvalue weighted by Crippen LogP contribution is 2.16. The van der Waals surface area contributed by atoms with Crippen molar-refractivity contribution in [1.29, 1.82) is 0 Å². The number of nitrogens with one attached hydrogen (secondary N) is 3. The van der Waals surface area contributed by atoms with Gasteiger partial charge in [-0.3, -0.25) is 14.7 Å². The first-order valence-electron chi connectivity index (χ1n) is 8.60. The zero-order chi connectivity index (χ0) is 18.8.